The van der Waals surface area contributed by atoms with Gasteiger partial charge in [0.1, 0.15) is 5.69 Å². The number of aryl methyl sites for hydroxylation is 3. The number of benzene rings is 2. The molecule has 3 aromatic rings. The molecular weight excluding hydrogens is 282 g/mol. The number of anilines is 1. The van der Waals surface area contributed by atoms with E-state index in [1.807, 2.05) is 13.2 Å². The molecule has 0 bridgehead atoms. The molecule has 1 aromatic heterocycles. The number of rotatable bonds is 3. The lowest BCUT2D eigenvalue weighted by Gasteiger charge is -2.12. The number of aromatic nitrogens is 2. The molecule has 3 nitrogen and oxygen atoms in total. The summed E-state index contributed by atoms with van der Waals surface area (Å²) in [6.45, 7) is 6.28. The van der Waals surface area contributed by atoms with Crippen molar-refractivity contribution >= 4 is 5.82 Å². The molecule has 2 aromatic carbocycles. The van der Waals surface area contributed by atoms with Crippen LogP contribution in [-0.4, -0.2) is 17.0 Å². The normalized spacial score (nSPS) is 10.6. The zero-order valence-electron chi connectivity index (χ0n) is 14.0. The van der Waals surface area contributed by atoms with Crippen LogP contribution in [0.25, 0.3) is 22.5 Å². The zero-order valence-corrected chi connectivity index (χ0v) is 14.0. The maximum atomic E-state index is 4.79. The van der Waals surface area contributed by atoms with Crippen LogP contribution in [0.3, 0.4) is 0 Å². The zero-order chi connectivity index (χ0) is 16.4. The van der Waals surface area contributed by atoms with E-state index in [-0.39, 0.29) is 0 Å². The summed E-state index contributed by atoms with van der Waals surface area (Å²) in [6, 6.07) is 14.7. The highest BCUT2D eigenvalue weighted by molar-refractivity contribution is 5.74. The molecule has 0 aliphatic carbocycles. The van der Waals surface area contributed by atoms with E-state index < -0.39 is 0 Å². The third-order valence-corrected chi connectivity index (χ3v) is 4.00. The Bertz CT molecular complexity index is 836. The Balaban J connectivity index is 2.09. The number of hydrogen-bond donors (Lipinski definition) is 1. The third-order valence-electron chi connectivity index (χ3n) is 4.00. The maximum absolute atomic E-state index is 4.79. The Morgan fingerprint density at radius 3 is 2.26 bits per heavy atom. The molecule has 0 aliphatic heterocycles. The monoisotopic (exact) mass is 303 g/mol. The smallest absolute Gasteiger partial charge is 0.153 e. The van der Waals surface area contributed by atoms with Gasteiger partial charge in [-0.3, -0.25) is 4.98 Å². The Labute approximate surface area is 137 Å². The van der Waals surface area contributed by atoms with Crippen LogP contribution in [0.1, 0.15) is 16.7 Å². The lowest BCUT2D eigenvalue weighted by Crippen LogP contribution is -2.00. The van der Waals surface area contributed by atoms with E-state index in [0.29, 0.717) is 0 Å². The molecule has 0 saturated heterocycles. The van der Waals surface area contributed by atoms with E-state index >= 15 is 0 Å². The van der Waals surface area contributed by atoms with Crippen molar-refractivity contribution in [2.24, 2.45) is 0 Å². The summed E-state index contributed by atoms with van der Waals surface area (Å²) in [7, 11) is 1.88. The Hall–Kier alpha value is -2.68. The first-order chi connectivity index (χ1) is 11.1. The minimum Gasteiger partial charge on any atom is -0.371 e. The highest BCUT2D eigenvalue weighted by Crippen LogP contribution is 2.29. The van der Waals surface area contributed by atoms with Gasteiger partial charge in [-0.25, -0.2) is 4.98 Å². The lowest BCUT2D eigenvalue weighted by atomic mass is 10.0. The van der Waals surface area contributed by atoms with Gasteiger partial charge in [-0.1, -0.05) is 47.5 Å². The molecule has 1 N–H and O–H groups in total. The van der Waals surface area contributed by atoms with Crippen LogP contribution in [0.15, 0.2) is 48.7 Å². The van der Waals surface area contributed by atoms with Gasteiger partial charge in [-0.15, -0.1) is 0 Å². The van der Waals surface area contributed by atoms with Gasteiger partial charge in [0.25, 0.3) is 0 Å². The van der Waals surface area contributed by atoms with E-state index in [1.54, 1.807) is 0 Å². The van der Waals surface area contributed by atoms with Gasteiger partial charge in [0.2, 0.25) is 0 Å². The summed E-state index contributed by atoms with van der Waals surface area (Å²) >= 11 is 0. The van der Waals surface area contributed by atoms with Crippen molar-refractivity contribution in [1.29, 1.82) is 0 Å². The molecule has 0 radical (unpaired) electrons. The second-order valence-corrected chi connectivity index (χ2v) is 5.89. The van der Waals surface area contributed by atoms with Crippen molar-refractivity contribution in [3.05, 3.63) is 65.4 Å². The molecule has 0 aliphatic rings. The number of hydrogen-bond acceptors (Lipinski definition) is 3. The fraction of sp³-hybridized carbons (Fsp3) is 0.200. The average molecular weight is 303 g/mol. The van der Waals surface area contributed by atoms with Crippen LogP contribution >= 0.6 is 0 Å². The Morgan fingerprint density at radius 2 is 1.57 bits per heavy atom. The molecule has 23 heavy (non-hydrogen) atoms. The minimum absolute atomic E-state index is 0.798. The van der Waals surface area contributed by atoms with Gasteiger partial charge in [0, 0.05) is 18.2 Å². The van der Waals surface area contributed by atoms with Crippen molar-refractivity contribution in [1.82, 2.24) is 9.97 Å². The highest BCUT2D eigenvalue weighted by Gasteiger charge is 2.11. The summed E-state index contributed by atoms with van der Waals surface area (Å²) in [4.78, 5) is 9.46. The van der Waals surface area contributed by atoms with Crippen molar-refractivity contribution in [3.63, 3.8) is 0 Å². The molecular formula is C20H21N3. The van der Waals surface area contributed by atoms with Gasteiger partial charge >= 0.3 is 0 Å². The van der Waals surface area contributed by atoms with E-state index in [0.717, 1.165) is 28.3 Å². The third kappa shape index (κ3) is 3.09. The molecule has 0 amide bonds. The average Bonchev–Trinajstić information content (AvgIpc) is 2.57. The highest BCUT2D eigenvalue weighted by atomic mass is 15.0. The van der Waals surface area contributed by atoms with Crippen molar-refractivity contribution in [2.45, 2.75) is 20.8 Å². The number of nitrogens with one attached hydrogen (secondary N) is 1. The standard InChI is InChI=1S/C20H21N3/c1-13-6-9-16(10-7-13)19-20(21-4)23-18(12-22-19)17-11-14(2)5-8-15(17)3/h5-12H,1-4H3,(H,21,23). The Morgan fingerprint density at radius 1 is 0.870 bits per heavy atom. The molecule has 0 spiro atoms. The predicted molar refractivity (Wildman–Crippen MR) is 96.7 cm³/mol. The second kappa shape index (κ2) is 6.21. The Kier molecular flexibility index (Phi) is 4.11. The fourth-order valence-electron chi connectivity index (χ4n) is 2.63. The fourth-order valence-corrected chi connectivity index (χ4v) is 2.63. The predicted octanol–water partition coefficient (Wildman–Crippen LogP) is 4.78. The molecule has 116 valence electrons. The van der Waals surface area contributed by atoms with E-state index in [2.05, 4.69) is 73.5 Å². The molecule has 0 fully saturated rings. The summed E-state index contributed by atoms with van der Waals surface area (Å²) in [5.74, 6) is 0.798. The molecule has 1 heterocycles. The first-order valence-electron chi connectivity index (χ1n) is 7.78. The molecule has 3 heteroatoms. The van der Waals surface area contributed by atoms with Gasteiger partial charge < -0.3 is 5.32 Å². The molecule has 0 atom stereocenters. The minimum atomic E-state index is 0.798. The van der Waals surface area contributed by atoms with Gasteiger partial charge in [-0.05, 0) is 32.4 Å². The molecule has 3 rings (SSSR count). The van der Waals surface area contributed by atoms with Gasteiger partial charge in [-0.2, -0.15) is 0 Å². The van der Waals surface area contributed by atoms with Crippen LogP contribution in [0.2, 0.25) is 0 Å². The van der Waals surface area contributed by atoms with Crippen LogP contribution in [-0.2, 0) is 0 Å². The summed E-state index contributed by atoms with van der Waals surface area (Å²) in [5.41, 5.74) is 7.63. The van der Waals surface area contributed by atoms with E-state index in [1.165, 1.54) is 16.7 Å². The van der Waals surface area contributed by atoms with Gasteiger partial charge in [0.15, 0.2) is 5.82 Å². The van der Waals surface area contributed by atoms with Crippen LogP contribution in [0.4, 0.5) is 5.82 Å². The van der Waals surface area contributed by atoms with Crippen molar-refractivity contribution < 1.29 is 0 Å². The summed E-state index contributed by atoms with van der Waals surface area (Å²) in [6.07, 6.45) is 1.86. The molecule has 0 saturated carbocycles. The molecule has 0 unspecified atom stereocenters. The van der Waals surface area contributed by atoms with Gasteiger partial charge in [0.05, 0.1) is 11.9 Å². The lowest BCUT2D eigenvalue weighted by molar-refractivity contribution is 1.19. The SMILES string of the molecule is CNc1nc(-c2cc(C)ccc2C)cnc1-c1ccc(C)cc1. The first kappa shape index (κ1) is 15.2. The largest absolute Gasteiger partial charge is 0.371 e. The van der Waals surface area contributed by atoms with Crippen LogP contribution in [0, 0.1) is 20.8 Å². The number of nitrogens with zero attached hydrogens (tertiary/aromatic N) is 2. The summed E-state index contributed by atoms with van der Waals surface area (Å²) in [5, 5.41) is 3.18. The summed E-state index contributed by atoms with van der Waals surface area (Å²) < 4.78 is 0. The maximum Gasteiger partial charge on any atom is 0.153 e. The van der Waals surface area contributed by atoms with Crippen molar-refractivity contribution in [3.8, 4) is 22.5 Å². The quantitative estimate of drug-likeness (QED) is 0.757. The van der Waals surface area contributed by atoms with Crippen LogP contribution < -0.4 is 5.32 Å². The van der Waals surface area contributed by atoms with Crippen molar-refractivity contribution in [2.75, 3.05) is 12.4 Å². The van der Waals surface area contributed by atoms with E-state index in [9.17, 15) is 0 Å². The second-order valence-electron chi connectivity index (χ2n) is 5.89. The van der Waals surface area contributed by atoms with Crippen LogP contribution in [0.5, 0.6) is 0 Å². The van der Waals surface area contributed by atoms with E-state index in [4.69, 9.17) is 4.98 Å². The first-order valence-corrected chi connectivity index (χ1v) is 7.78. The topological polar surface area (TPSA) is 37.8 Å².